The van der Waals surface area contributed by atoms with Crippen molar-refractivity contribution in [1.82, 2.24) is 5.32 Å². The van der Waals surface area contributed by atoms with Crippen molar-refractivity contribution >= 4 is 16.7 Å². The zero-order valence-corrected chi connectivity index (χ0v) is 14.4. The lowest BCUT2D eigenvalue weighted by atomic mass is 9.73. The summed E-state index contributed by atoms with van der Waals surface area (Å²) in [4.78, 5) is 11.9. The van der Waals surface area contributed by atoms with Crippen molar-refractivity contribution < 1.29 is 9.00 Å². The highest BCUT2D eigenvalue weighted by Gasteiger charge is 2.27. The molecule has 0 spiro atoms. The maximum Gasteiger partial charge on any atom is 0.243 e. The molecule has 1 unspecified atom stereocenters. The van der Waals surface area contributed by atoms with Crippen LogP contribution in [0.5, 0.6) is 0 Å². The van der Waals surface area contributed by atoms with Crippen molar-refractivity contribution in [1.29, 1.82) is 0 Å². The molecule has 0 aromatic carbocycles. The fourth-order valence-electron chi connectivity index (χ4n) is 2.43. The first-order valence-corrected chi connectivity index (χ1v) is 8.82. The second kappa shape index (κ2) is 6.88. The zero-order chi connectivity index (χ0) is 15.4. The minimum Gasteiger partial charge on any atom is -0.352 e. The second-order valence-corrected chi connectivity index (χ2v) is 9.54. The Morgan fingerprint density at radius 1 is 1.35 bits per heavy atom. The minimum atomic E-state index is -0.911. The molecule has 1 fully saturated rings. The Kier molecular flexibility index (Phi) is 5.99. The van der Waals surface area contributed by atoms with E-state index in [9.17, 15) is 9.00 Å². The number of nitrogens with one attached hydrogen (secondary N) is 1. The van der Waals surface area contributed by atoms with Crippen LogP contribution in [0, 0.1) is 5.41 Å². The van der Waals surface area contributed by atoms with Crippen LogP contribution in [-0.4, -0.2) is 27.2 Å². The van der Waals surface area contributed by atoms with Gasteiger partial charge in [-0.05, 0) is 45.4 Å². The maximum absolute atomic E-state index is 11.9. The van der Waals surface area contributed by atoms with Gasteiger partial charge in [0.15, 0.2) is 0 Å². The lowest BCUT2D eigenvalue weighted by Crippen LogP contribution is -2.32. The third kappa shape index (κ3) is 5.39. The molecule has 0 aromatic heterocycles. The molecule has 3 nitrogen and oxygen atoms in total. The Morgan fingerprint density at radius 3 is 2.55 bits per heavy atom. The predicted octanol–water partition coefficient (Wildman–Crippen LogP) is 3.18. The quantitative estimate of drug-likeness (QED) is 0.810. The predicted molar refractivity (Wildman–Crippen MR) is 86.1 cm³/mol. The van der Waals surface area contributed by atoms with E-state index in [4.69, 9.17) is 0 Å². The normalized spacial score (nSPS) is 22.6. The Balaban J connectivity index is 2.46. The van der Waals surface area contributed by atoms with Gasteiger partial charge in [-0.2, -0.15) is 0 Å². The number of carbonyl (C=O) groups is 1. The Morgan fingerprint density at radius 2 is 2.00 bits per heavy atom. The van der Waals surface area contributed by atoms with E-state index >= 15 is 0 Å². The summed E-state index contributed by atoms with van der Waals surface area (Å²) < 4.78 is 11.7. The Bertz CT molecular complexity index is 405. The molecule has 0 aromatic rings. The first-order valence-electron chi connectivity index (χ1n) is 7.50. The molecule has 0 saturated heterocycles. The van der Waals surface area contributed by atoms with Crippen LogP contribution in [0.3, 0.4) is 0 Å². The van der Waals surface area contributed by atoms with Gasteiger partial charge in [-0.15, -0.1) is 0 Å². The lowest BCUT2D eigenvalue weighted by molar-refractivity contribution is -0.116. The number of allylic oxidation sites excluding steroid dienone is 1. The van der Waals surface area contributed by atoms with E-state index in [1.807, 2.05) is 20.8 Å². The van der Waals surface area contributed by atoms with E-state index in [1.54, 1.807) is 6.08 Å². The van der Waals surface area contributed by atoms with E-state index in [-0.39, 0.29) is 16.1 Å². The van der Waals surface area contributed by atoms with E-state index in [0.29, 0.717) is 12.3 Å². The van der Waals surface area contributed by atoms with Crippen molar-refractivity contribution in [3.8, 4) is 0 Å². The number of hydrogen-bond acceptors (Lipinski definition) is 2. The molecule has 1 atom stereocenters. The summed E-state index contributed by atoms with van der Waals surface area (Å²) in [6, 6.07) is 0. The molecule has 1 aliphatic rings. The highest BCUT2D eigenvalue weighted by molar-refractivity contribution is 7.86. The average Bonchev–Trinajstić information content (AvgIpc) is 2.30. The van der Waals surface area contributed by atoms with Crippen LogP contribution in [0.25, 0.3) is 0 Å². The molecule has 1 N–H and O–H groups in total. The van der Waals surface area contributed by atoms with Crippen LogP contribution in [0.15, 0.2) is 11.6 Å². The van der Waals surface area contributed by atoms with Crippen molar-refractivity contribution in [3.63, 3.8) is 0 Å². The van der Waals surface area contributed by atoms with Crippen LogP contribution >= 0.6 is 0 Å². The van der Waals surface area contributed by atoms with Gasteiger partial charge in [0, 0.05) is 33.9 Å². The SMILES string of the molecule is CC1(C)CCCC/C1=C/C(=O)NCCS(=O)C(C)(C)C. The van der Waals surface area contributed by atoms with Gasteiger partial charge in [0.25, 0.3) is 0 Å². The summed E-state index contributed by atoms with van der Waals surface area (Å²) >= 11 is 0. The topological polar surface area (TPSA) is 46.2 Å². The van der Waals surface area contributed by atoms with Crippen molar-refractivity contribution in [3.05, 3.63) is 11.6 Å². The van der Waals surface area contributed by atoms with Crippen molar-refractivity contribution in [2.75, 3.05) is 12.3 Å². The number of carbonyl (C=O) groups excluding carboxylic acids is 1. The molecule has 1 saturated carbocycles. The highest BCUT2D eigenvalue weighted by atomic mass is 32.2. The van der Waals surface area contributed by atoms with Crippen LogP contribution in [0.2, 0.25) is 0 Å². The number of rotatable bonds is 4. The van der Waals surface area contributed by atoms with Crippen LogP contribution < -0.4 is 5.32 Å². The summed E-state index contributed by atoms with van der Waals surface area (Å²) in [5.74, 6) is 0.475. The largest absolute Gasteiger partial charge is 0.352 e. The van der Waals surface area contributed by atoms with Crippen LogP contribution in [0.1, 0.15) is 60.3 Å². The first-order chi connectivity index (χ1) is 9.13. The molecule has 0 aliphatic heterocycles. The summed E-state index contributed by atoms with van der Waals surface area (Å²) in [5, 5.41) is 2.86. The molecular weight excluding hydrogens is 270 g/mol. The molecular formula is C16H29NO2S. The smallest absolute Gasteiger partial charge is 0.243 e. The molecule has 116 valence electrons. The second-order valence-electron chi connectivity index (χ2n) is 7.21. The standard InChI is InChI=1S/C16H29NO2S/c1-15(2,3)20(19)11-10-17-14(18)12-13-8-6-7-9-16(13,4)5/h12H,6-11H2,1-5H3,(H,17,18)/b13-12-. The van der Waals surface area contributed by atoms with Gasteiger partial charge >= 0.3 is 0 Å². The van der Waals surface area contributed by atoms with E-state index in [0.717, 1.165) is 12.8 Å². The first kappa shape index (κ1) is 17.4. The number of amides is 1. The molecule has 1 amide bonds. The van der Waals surface area contributed by atoms with Gasteiger partial charge in [0.2, 0.25) is 5.91 Å². The van der Waals surface area contributed by atoms with Crippen molar-refractivity contribution in [2.45, 2.75) is 65.0 Å². The van der Waals surface area contributed by atoms with E-state index < -0.39 is 10.8 Å². The highest BCUT2D eigenvalue weighted by Crippen LogP contribution is 2.39. The lowest BCUT2D eigenvalue weighted by Gasteiger charge is -2.32. The Hall–Kier alpha value is -0.640. The van der Waals surface area contributed by atoms with Gasteiger partial charge in [-0.25, -0.2) is 0 Å². The molecule has 1 aliphatic carbocycles. The van der Waals surface area contributed by atoms with Crippen molar-refractivity contribution in [2.24, 2.45) is 5.41 Å². The maximum atomic E-state index is 11.9. The molecule has 20 heavy (non-hydrogen) atoms. The fraction of sp³-hybridized carbons (Fsp3) is 0.812. The third-order valence-electron chi connectivity index (χ3n) is 3.94. The molecule has 1 rings (SSSR count). The van der Waals surface area contributed by atoms with Gasteiger partial charge < -0.3 is 5.32 Å². The van der Waals surface area contributed by atoms with Gasteiger partial charge in [0.1, 0.15) is 0 Å². The molecule has 4 heteroatoms. The van der Waals surface area contributed by atoms with Gasteiger partial charge in [-0.3, -0.25) is 9.00 Å². The summed E-state index contributed by atoms with van der Waals surface area (Å²) in [6.45, 7) is 10.8. The molecule has 0 bridgehead atoms. The summed E-state index contributed by atoms with van der Waals surface area (Å²) in [6.07, 6.45) is 6.36. The zero-order valence-electron chi connectivity index (χ0n) is 13.5. The molecule has 0 heterocycles. The fourth-order valence-corrected chi connectivity index (χ4v) is 3.33. The number of hydrogen-bond donors (Lipinski definition) is 1. The summed E-state index contributed by atoms with van der Waals surface area (Å²) in [7, 11) is -0.911. The summed E-state index contributed by atoms with van der Waals surface area (Å²) in [5.41, 5.74) is 1.39. The minimum absolute atomic E-state index is 0.0408. The Labute approximate surface area is 126 Å². The average molecular weight is 299 g/mol. The third-order valence-corrected chi connectivity index (χ3v) is 5.88. The van der Waals surface area contributed by atoms with Crippen LogP contribution in [0.4, 0.5) is 0 Å². The van der Waals surface area contributed by atoms with Gasteiger partial charge in [-0.1, -0.05) is 25.8 Å². The van der Waals surface area contributed by atoms with Crippen LogP contribution in [-0.2, 0) is 15.6 Å². The van der Waals surface area contributed by atoms with E-state index in [1.165, 1.54) is 18.4 Å². The molecule has 0 radical (unpaired) electrons. The van der Waals surface area contributed by atoms with Gasteiger partial charge in [0.05, 0.1) is 0 Å². The monoisotopic (exact) mass is 299 g/mol. The van der Waals surface area contributed by atoms with E-state index in [2.05, 4.69) is 19.2 Å².